The van der Waals surface area contributed by atoms with Crippen LogP contribution in [0.4, 0.5) is 17.1 Å². The van der Waals surface area contributed by atoms with E-state index in [4.69, 9.17) is 0 Å². The van der Waals surface area contributed by atoms with E-state index in [9.17, 15) is 0 Å². The van der Waals surface area contributed by atoms with Crippen LogP contribution in [0.3, 0.4) is 0 Å². The van der Waals surface area contributed by atoms with E-state index in [0.29, 0.717) is 0 Å². The lowest BCUT2D eigenvalue weighted by Gasteiger charge is -2.26. The van der Waals surface area contributed by atoms with Crippen LogP contribution in [-0.2, 0) is 0 Å². The predicted octanol–water partition coefficient (Wildman–Crippen LogP) is 16.2. The zero-order chi connectivity index (χ0) is 39.6. The molecule has 0 saturated carbocycles. The van der Waals surface area contributed by atoms with E-state index in [1.54, 1.807) is 0 Å². The highest BCUT2D eigenvalue weighted by Gasteiger charge is 2.19. The summed E-state index contributed by atoms with van der Waals surface area (Å²) in [5, 5.41) is 12.6. The third-order valence-corrected chi connectivity index (χ3v) is 12.3. The molecule has 60 heavy (non-hydrogen) atoms. The van der Waals surface area contributed by atoms with Crippen molar-refractivity contribution in [3.05, 3.63) is 231 Å². The molecule has 0 saturated heterocycles. The van der Waals surface area contributed by atoms with Crippen molar-refractivity contribution in [1.82, 2.24) is 4.57 Å². The van der Waals surface area contributed by atoms with Crippen molar-refractivity contribution in [3.8, 4) is 27.9 Å². The molecule has 0 N–H and O–H groups in total. The fraction of sp³-hybridized carbons (Fsp3) is 0. The van der Waals surface area contributed by atoms with Gasteiger partial charge in [-0.3, -0.25) is 0 Å². The molecule has 12 aromatic rings. The van der Waals surface area contributed by atoms with Gasteiger partial charge in [0.1, 0.15) is 0 Å². The topological polar surface area (TPSA) is 8.17 Å². The Kier molecular flexibility index (Phi) is 7.89. The average molecular weight is 763 g/mol. The first-order valence-electron chi connectivity index (χ1n) is 20.7. The first-order valence-corrected chi connectivity index (χ1v) is 20.7. The van der Waals surface area contributed by atoms with Crippen molar-refractivity contribution in [1.29, 1.82) is 0 Å². The van der Waals surface area contributed by atoms with Crippen LogP contribution in [0.25, 0.3) is 92.8 Å². The van der Waals surface area contributed by atoms with Gasteiger partial charge in [0.25, 0.3) is 0 Å². The molecule has 0 aliphatic rings. The highest BCUT2D eigenvalue weighted by atomic mass is 15.1. The zero-order valence-electron chi connectivity index (χ0n) is 32.8. The second kappa shape index (κ2) is 13.9. The van der Waals surface area contributed by atoms with Crippen LogP contribution >= 0.6 is 0 Å². The molecule has 0 unspecified atom stereocenters. The SMILES string of the molecule is c1ccc(-n2c3ccccc3c3ccc(N(c4ccc(-c5cc6ccccc6c6ccccc56)cc4)c4ccc(-c5cc6ccccc6c6ccccc56)cc4)cc32)cc1. The largest absolute Gasteiger partial charge is 0.310 e. The van der Waals surface area contributed by atoms with Crippen LogP contribution in [0, 0.1) is 0 Å². The number of hydrogen-bond acceptors (Lipinski definition) is 1. The molecule has 1 aromatic heterocycles. The van der Waals surface area contributed by atoms with Crippen molar-refractivity contribution in [2.75, 3.05) is 4.90 Å². The molecule has 0 radical (unpaired) electrons. The predicted molar refractivity (Wildman–Crippen MR) is 256 cm³/mol. The fourth-order valence-corrected chi connectivity index (χ4v) is 9.57. The Labute approximate surface area is 348 Å². The van der Waals surface area contributed by atoms with Gasteiger partial charge in [-0.15, -0.1) is 0 Å². The van der Waals surface area contributed by atoms with Gasteiger partial charge in [-0.05, 0) is 132 Å². The highest BCUT2D eigenvalue weighted by molar-refractivity contribution is 6.15. The molecule has 0 aliphatic carbocycles. The minimum Gasteiger partial charge on any atom is -0.310 e. The van der Waals surface area contributed by atoms with Crippen molar-refractivity contribution in [3.63, 3.8) is 0 Å². The zero-order valence-corrected chi connectivity index (χ0v) is 32.8. The summed E-state index contributed by atoms with van der Waals surface area (Å²) in [6.45, 7) is 0. The lowest BCUT2D eigenvalue weighted by atomic mass is 9.93. The molecule has 0 fully saturated rings. The van der Waals surface area contributed by atoms with Crippen molar-refractivity contribution < 1.29 is 0 Å². The number of hydrogen-bond donors (Lipinski definition) is 0. The summed E-state index contributed by atoms with van der Waals surface area (Å²) in [6.07, 6.45) is 0. The van der Waals surface area contributed by atoms with E-state index in [-0.39, 0.29) is 0 Å². The maximum absolute atomic E-state index is 2.40. The summed E-state index contributed by atoms with van der Waals surface area (Å²) in [5.74, 6) is 0. The number of nitrogens with zero attached hydrogens (tertiary/aromatic N) is 2. The second-order valence-electron chi connectivity index (χ2n) is 15.7. The van der Waals surface area contributed by atoms with Gasteiger partial charge in [-0.2, -0.15) is 0 Å². The number of benzene rings is 11. The van der Waals surface area contributed by atoms with E-state index in [0.717, 1.165) is 22.7 Å². The molecule has 0 spiro atoms. The van der Waals surface area contributed by atoms with E-state index in [2.05, 4.69) is 240 Å². The van der Waals surface area contributed by atoms with Crippen LogP contribution in [-0.4, -0.2) is 4.57 Å². The van der Waals surface area contributed by atoms with Crippen molar-refractivity contribution >= 4 is 82.0 Å². The smallest absolute Gasteiger partial charge is 0.0561 e. The highest BCUT2D eigenvalue weighted by Crippen LogP contribution is 2.43. The van der Waals surface area contributed by atoms with E-state index in [1.807, 2.05) is 0 Å². The van der Waals surface area contributed by atoms with E-state index < -0.39 is 0 Å². The standard InChI is InChI=1S/C58H38N2/c1-2-16-43(17-3-1)60-57-25-13-12-24-53(57)54-35-34-46(38-58(54)60)59(44-30-26-39(27-31-44)55-36-41-14-4-6-18-47(41)49-20-8-10-22-51(49)55)45-32-28-40(29-33-45)56-37-42-15-5-7-19-48(42)50-21-9-11-23-52(50)56/h1-38H. The van der Waals surface area contributed by atoms with Gasteiger partial charge in [-0.25, -0.2) is 0 Å². The summed E-state index contributed by atoms with van der Waals surface area (Å²) in [4.78, 5) is 2.40. The van der Waals surface area contributed by atoms with E-state index >= 15 is 0 Å². The summed E-state index contributed by atoms with van der Waals surface area (Å²) in [5.41, 5.74) is 11.7. The maximum atomic E-state index is 2.40. The lowest BCUT2D eigenvalue weighted by molar-refractivity contribution is 1.18. The molecule has 0 atom stereocenters. The molecule has 12 rings (SSSR count). The van der Waals surface area contributed by atoms with Gasteiger partial charge in [0.15, 0.2) is 0 Å². The Bertz CT molecular complexity index is 3420. The molecule has 0 bridgehead atoms. The average Bonchev–Trinajstić information content (AvgIpc) is 3.65. The minimum atomic E-state index is 1.09. The molecule has 0 aliphatic heterocycles. The molecular weight excluding hydrogens is 725 g/mol. The molecular formula is C58H38N2. The van der Waals surface area contributed by atoms with E-state index in [1.165, 1.54) is 87.1 Å². The molecule has 2 nitrogen and oxygen atoms in total. The number of fused-ring (bicyclic) bond motifs is 9. The number of aromatic nitrogens is 1. The summed E-state index contributed by atoms with van der Waals surface area (Å²) >= 11 is 0. The van der Waals surface area contributed by atoms with Crippen LogP contribution in [0.15, 0.2) is 231 Å². The maximum Gasteiger partial charge on any atom is 0.0561 e. The van der Waals surface area contributed by atoms with Gasteiger partial charge >= 0.3 is 0 Å². The Hall–Kier alpha value is -7.94. The quantitative estimate of drug-likeness (QED) is 0.153. The first kappa shape index (κ1) is 34.1. The van der Waals surface area contributed by atoms with Gasteiger partial charge in [0.2, 0.25) is 0 Å². The molecule has 1 heterocycles. The molecule has 11 aromatic carbocycles. The third-order valence-electron chi connectivity index (χ3n) is 12.3. The number of para-hydroxylation sites is 2. The summed E-state index contributed by atoms with van der Waals surface area (Å²) in [7, 11) is 0. The third kappa shape index (κ3) is 5.50. The van der Waals surface area contributed by atoms with Gasteiger partial charge in [-0.1, -0.05) is 164 Å². The Morgan fingerprint density at radius 2 is 0.683 bits per heavy atom. The Balaban J connectivity index is 1.03. The number of rotatable bonds is 6. The first-order chi connectivity index (χ1) is 29.8. The van der Waals surface area contributed by atoms with Crippen LogP contribution < -0.4 is 4.90 Å². The van der Waals surface area contributed by atoms with Gasteiger partial charge in [0, 0.05) is 33.5 Å². The Morgan fingerprint density at radius 3 is 1.23 bits per heavy atom. The van der Waals surface area contributed by atoms with Gasteiger partial charge < -0.3 is 9.47 Å². The fourth-order valence-electron chi connectivity index (χ4n) is 9.57. The monoisotopic (exact) mass is 762 g/mol. The second-order valence-corrected chi connectivity index (χ2v) is 15.7. The normalized spacial score (nSPS) is 11.7. The molecule has 0 amide bonds. The van der Waals surface area contributed by atoms with Crippen LogP contribution in [0.1, 0.15) is 0 Å². The van der Waals surface area contributed by atoms with Crippen molar-refractivity contribution in [2.24, 2.45) is 0 Å². The summed E-state index contributed by atoms with van der Waals surface area (Å²) < 4.78 is 2.40. The Morgan fingerprint density at radius 1 is 0.267 bits per heavy atom. The molecule has 280 valence electrons. The summed E-state index contributed by atoms with van der Waals surface area (Å²) in [6, 6.07) is 84.3. The van der Waals surface area contributed by atoms with Crippen molar-refractivity contribution in [2.45, 2.75) is 0 Å². The van der Waals surface area contributed by atoms with Crippen LogP contribution in [0.5, 0.6) is 0 Å². The van der Waals surface area contributed by atoms with Crippen LogP contribution in [0.2, 0.25) is 0 Å². The number of anilines is 3. The molecule has 2 heteroatoms. The lowest BCUT2D eigenvalue weighted by Crippen LogP contribution is -2.10. The minimum absolute atomic E-state index is 1.09. The van der Waals surface area contributed by atoms with Gasteiger partial charge in [0.05, 0.1) is 11.0 Å².